The number of rotatable bonds is 5. The number of carboxylic acids is 1. The Morgan fingerprint density at radius 2 is 1.90 bits per heavy atom. The molecule has 106 valence electrons. The predicted octanol–water partition coefficient (Wildman–Crippen LogP) is 2.02. The lowest BCUT2D eigenvalue weighted by Crippen LogP contribution is -2.26. The largest absolute Gasteiger partial charge is 0.478 e. The van der Waals surface area contributed by atoms with Crippen molar-refractivity contribution in [1.29, 1.82) is 0 Å². The summed E-state index contributed by atoms with van der Waals surface area (Å²) in [7, 11) is -3.73. The highest BCUT2D eigenvalue weighted by molar-refractivity contribution is 7.89. The minimum absolute atomic E-state index is 0.000839. The number of carbonyl (C=O) groups is 1. The van der Waals surface area contributed by atoms with E-state index in [1.807, 2.05) is 0 Å². The van der Waals surface area contributed by atoms with Crippen LogP contribution in [0.3, 0.4) is 0 Å². The first kappa shape index (κ1) is 14.3. The van der Waals surface area contributed by atoms with Gasteiger partial charge in [0, 0.05) is 0 Å². The molecular formula is C13H13NO5S. The molecule has 2 N–H and O–H groups in total. The lowest BCUT2D eigenvalue weighted by molar-refractivity contribution is 0.0696. The average molecular weight is 295 g/mol. The van der Waals surface area contributed by atoms with E-state index in [1.165, 1.54) is 30.5 Å². The molecule has 0 aliphatic rings. The first-order valence-corrected chi connectivity index (χ1v) is 7.27. The van der Waals surface area contributed by atoms with Crippen LogP contribution in [-0.4, -0.2) is 19.5 Å². The minimum atomic E-state index is -3.73. The molecule has 0 spiro atoms. The number of hydrogen-bond acceptors (Lipinski definition) is 4. The molecule has 7 heteroatoms. The van der Waals surface area contributed by atoms with E-state index in [2.05, 4.69) is 4.72 Å². The van der Waals surface area contributed by atoms with Crippen LogP contribution in [0.25, 0.3) is 0 Å². The first-order chi connectivity index (χ1) is 9.40. The van der Waals surface area contributed by atoms with Gasteiger partial charge in [0.05, 0.1) is 22.8 Å². The van der Waals surface area contributed by atoms with Gasteiger partial charge >= 0.3 is 5.97 Å². The van der Waals surface area contributed by atoms with Crippen LogP contribution in [0.5, 0.6) is 0 Å². The predicted molar refractivity (Wildman–Crippen MR) is 70.8 cm³/mol. The van der Waals surface area contributed by atoms with Crippen LogP contribution in [0.15, 0.2) is 52.0 Å². The topological polar surface area (TPSA) is 96.6 Å². The van der Waals surface area contributed by atoms with Crippen LogP contribution in [0.2, 0.25) is 0 Å². The molecular weight excluding hydrogens is 282 g/mol. The zero-order valence-corrected chi connectivity index (χ0v) is 11.4. The molecule has 1 atom stereocenters. The van der Waals surface area contributed by atoms with Crippen LogP contribution in [0, 0.1) is 0 Å². The van der Waals surface area contributed by atoms with Gasteiger partial charge in [-0.25, -0.2) is 17.9 Å². The standard InChI is InChI=1S/C13H13NO5S/c1-9(12-3-2-8-19-12)14-20(17,18)11-6-4-10(5-7-11)13(15)16/h2-9,14H,1H3,(H,15,16)/t9-/m1/s1. The summed E-state index contributed by atoms with van der Waals surface area (Å²) in [5, 5.41) is 8.77. The van der Waals surface area contributed by atoms with Crippen LogP contribution >= 0.6 is 0 Å². The normalized spacial score (nSPS) is 13.1. The van der Waals surface area contributed by atoms with E-state index in [-0.39, 0.29) is 10.5 Å². The molecule has 1 aromatic carbocycles. The summed E-state index contributed by atoms with van der Waals surface area (Å²) in [6.45, 7) is 1.65. The molecule has 6 nitrogen and oxygen atoms in total. The Morgan fingerprint density at radius 3 is 2.40 bits per heavy atom. The maximum atomic E-state index is 12.1. The highest BCUT2D eigenvalue weighted by Crippen LogP contribution is 2.17. The molecule has 0 saturated carbocycles. The first-order valence-electron chi connectivity index (χ1n) is 5.79. The molecule has 0 bridgehead atoms. The van der Waals surface area contributed by atoms with Crippen molar-refractivity contribution in [3.8, 4) is 0 Å². The van der Waals surface area contributed by atoms with Crippen molar-refractivity contribution in [3.63, 3.8) is 0 Å². The number of hydrogen-bond donors (Lipinski definition) is 2. The molecule has 0 amide bonds. The van der Waals surface area contributed by atoms with Gasteiger partial charge in [0.25, 0.3) is 0 Å². The molecule has 0 saturated heterocycles. The molecule has 2 rings (SSSR count). The van der Waals surface area contributed by atoms with Crippen molar-refractivity contribution in [2.24, 2.45) is 0 Å². The number of nitrogens with one attached hydrogen (secondary N) is 1. The van der Waals surface area contributed by atoms with Crippen molar-refractivity contribution in [2.45, 2.75) is 17.9 Å². The van der Waals surface area contributed by atoms with Crippen LogP contribution in [0.1, 0.15) is 29.1 Å². The lowest BCUT2D eigenvalue weighted by atomic mass is 10.2. The molecule has 20 heavy (non-hydrogen) atoms. The lowest BCUT2D eigenvalue weighted by Gasteiger charge is -2.12. The van der Waals surface area contributed by atoms with E-state index >= 15 is 0 Å². The molecule has 0 fully saturated rings. The molecule has 0 aliphatic heterocycles. The van der Waals surface area contributed by atoms with Gasteiger partial charge in [-0.3, -0.25) is 0 Å². The van der Waals surface area contributed by atoms with Crippen molar-refractivity contribution >= 4 is 16.0 Å². The van der Waals surface area contributed by atoms with Gasteiger partial charge in [0.15, 0.2) is 0 Å². The summed E-state index contributed by atoms with van der Waals surface area (Å²) < 4.78 is 31.8. The van der Waals surface area contributed by atoms with Gasteiger partial charge in [0.2, 0.25) is 10.0 Å². The average Bonchev–Trinajstić information content (AvgIpc) is 2.92. The van der Waals surface area contributed by atoms with E-state index < -0.39 is 22.0 Å². The Labute approximate surface area is 116 Å². The Kier molecular flexibility index (Phi) is 3.91. The highest BCUT2D eigenvalue weighted by atomic mass is 32.2. The third-order valence-electron chi connectivity index (χ3n) is 2.71. The van der Waals surface area contributed by atoms with Crippen LogP contribution < -0.4 is 4.72 Å². The Morgan fingerprint density at radius 1 is 1.25 bits per heavy atom. The Bertz CT molecular complexity index is 689. The van der Waals surface area contributed by atoms with Crippen molar-refractivity contribution in [3.05, 3.63) is 54.0 Å². The second kappa shape index (κ2) is 5.48. The zero-order chi connectivity index (χ0) is 14.8. The zero-order valence-electron chi connectivity index (χ0n) is 10.6. The number of furan rings is 1. The molecule has 0 radical (unpaired) electrons. The second-order valence-corrected chi connectivity index (χ2v) is 5.90. The smallest absolute Gasteiger partial charge is 0.335 e. The number of carboxylic acid groups (broad SMARTS) is 1. The van der Waals surface area contributed by atoms with Crippen molar-refractivity contribution < 1.29 is 22.7 Å². The molecule has 0 aliphatic carbocycles. The number of aromatic carboxylic acids is 1. The Balaban J connectivity index is 2.20. The summed E-state index contributed by atoms with van der Waals surface area (Å²) in [4.78, 5) is 10.7. The summed E-state index contributed by atoms with van der Waals surface area (Å²) in [5.74, 6) is -0.610. The van der Waals surface area contributed by atoms with Gasteiger partial charge in [0.1, 0.15) is 5.76 Å². The number of sulfonamides is 1. The summed E-state index contributed by atoms with van der Waals surface area (Å²) >= 11 is 0. The van der Waals surface area contributed by atoms with E-state index in [1.54, 1.807) is 19.1 Å². The summed E-state index contributed by atoms with van der Waals surface area (Å²) in [6.07, 6.45) is 1.46. The second-order valence-electron chi connectivity index (χ2n) is 4.19. The highest BCUT2D eigenvalue weighted by Gasteiger charge is 2.20. The fraction of sp³-hybridized carbons (Fsp3) is 0.154. The Hall–Kier alpha value is -2.12. The van der Waals surface area contributed by atoms with Gasteiger partial charge in [-0.15, -0.1) is 0 Å². The van der Waals surface area contributed by atoms with Crippen molar-refractivity contribution in [2.75, 3.05) is 0 Å². The van der Waals surface area contributed by atoms with Crippen LogP contribution in [-0.2, 0) is 10.0 Å². The van der Waals surface area contributed by atoms with Gasteiger partial charge < -0.3 is 9.52 Å². The maximum Gasteiger partial charge on any atom is 0.335 e. The van der Waals surface area contributed by atoms with E-state index in [0.29, 0.717) is 5.76 Å². The molecule has 2 aromatic rings. The molecule has 0 unspecified atom stereocenters. The van der Waals surface area contributed by atoms with Gasteiger partial charge in [-0.2, -0.15) is 0 Å². The van der Waals surface area contributed by atoms with Crippen molar-refractivity contribution in [1.82, 2.24) is 4.72 Å². The summed E-state index contributed by atoms with van der Waals surface area (Å²) in [5.41, 5.74) is 0.0306. The minimum Gasteiger partial charge on any atom is -0.478 e. The van der Waals surface area contributed by atoms with E-state index in [4.69, 9.17) is 9.52 Å². The van der Waals surface area contributed by atoms with Crippen LogP contribution in [0.4, 0.5) is 0 Å². The SMILES string of the molecule is C[C@@H](NS(=O)(=O)c1ccc(C(=O)O)cc1)c1ccco1. The third kappa shape index (κ3) is 3.06. The summed E-state index contributed by atoms with van der Waals surface area (Å²) in [6, 6.07) is 7.81. The van der Waals surface area contributed by atoms with E-state index in [9.17, 15) is 13.2 Å². The van der Waals surface area contributed by atoms with Gasteiger partial charge in [-0.05, 0) is 43.3 Å². The third-order valence-corrected chi connectivity index (χ3v) is 4.27. The fourth-order valence-corrected chi connectivity index (χ4v) is 2.89. The molecule has 1 aromatic heterocycles. The molecule has 1 heterocycles. The maximum absolute atomic E-state index is 12.1. The quantitative estimate of drug-likeness (QED) is 0.879. The fourth-order valence-electron chi connectivity index (χ4n) is 1.67. The number of benzene rings is 1. The monoisotopic (exact) mass is 295 g/mol. The van der Waals surface area contributed by atoms with Gasteiger partial charge in [-0.1, -0.05) is 0 Å². The van der Waals surface area contributed by atoms with E-state index in [0.717, 1.165) is 0 Å².